The second-order valence-electron chi connectivity index (χ2n) is 6.89. The monoisotopic (exact) mass is 339 g/mol. The molecule has 130 valence electrons. The fourth-order valence-corrected chi connectivity index (χ4v) is 3.61. The number of rotatable bonds is 5. The molecule has 1 fully saturated rings. The van der Waals surface area contributed by atoms with Crippen LogP contribution in [0.3, 0.4) is 0 Å². The van der Waals surface area contributed by atoms with Gasteiger partial charge in [0, 0.05) is 24.8 Å². The van der Waals surface area contributed by atoms with Crippen LogP contribution in [0.25, 0.3) is 0 Å². The molecule has 3 atom stereocenters. The maximum Gasteiger partial charge on any atom is 0.224 e. The summed E-state index contributed by atoms with van der Waals surface area (Å²) >= 11 is 0. The quantitative estimate of drug-likeness (QED) is 0.905. The van der Waals surface area contributed by atoms with Crippen LogP contribution < -0.4 is 5.32 Å². The molecule has 25 heavy (non-hydrogen) atoms. The number of ketones is 1. The highest BCUT2D eigenvalue weighted by Gasteiger charge is 2.41. The Morgan fingerprint density at radius 2 is 1.72 bits per heavy atom. The summed E-state index contributed by atoms with van der Waals surface area (Å²) in [5.74, 6) is -0.751. The van der Waals surface area contributed by atoms with Gasteiger partial charge >= 0.3 is 0 Å². The van der Waals surface area contributed by atoms with Crippen molar-refractivity contribution < 1.29 is 14.0 Å². The molecular weight excluding hydrogens is 317 g/mol. The van der Waals surface area contributed by atoms with Gasteiger partial charge in [-0.25, -0.2) is 4.39 Å². The number of hydrogen-bond donors (Lipinski definition) is 1. The first kappa shape index (κ1) is 17.3. The Bertz CT molecular complexity index is 767. The van der Waals surface area contributed by atoms with Crippen LogP contribution in [0.1, 0.15) is 36.0 Å². The molecule has 1 saturated heterocycles. The molecule has 1 N–H and O–H groups in total. The van der Waals surface area contributed by atoms with Crippen LogP contribution >= 0.6 is 0 Å². The van der Waals surface area contributed by atoms with Crippen LogP contribution in [0.15, 0.2) is 48.5 Å². The second-order valence-corrected chi connectivity index (χ2v) is 6.89. The molecule has 0 spiro atoms. The highest BCUT2D eigenvalue weighted by atomic mass is 19.1. The van der Waals surface area contributed by atoms with Gasteiger partial charge in [0.15, 0.2) is 0 Å². The topological polar surface area (TPSA) is 46.2 Å². The molecule has 3 rings (SSSR count). The SMILES string of the molecule is Cc1ccc([C@H]2[C@H](C)NC(=O)[C@@H]2CC(=O)Cc2ccc(F)cc2)cc1. The van der Waals surface area contributed by atoms with Gasteiger partial charge in [-0.3, -0.25) is 9.59 Å². The maximum absolute atomic E-state index is 13.0. The van der Waals surface area contributed by atoms with Crippen LogP contribution in [-0.2, 0) is 16.0 Å². The van der Waals surface area contributed by atoms with Gasteiger partial charge in [-0.05, 0) is 37.1 Å². The number of benzene rings is 2. The molecule has 3 nitrogen and oxygen atoms in total. The van der Waals surface area contributed by atoms with Gasteiger partial charge in [0.05, 0.1) is 5.92 Å². The largest absolute Gasteiger partial charge is 0.353 e. The van der Waals surface area contributed by atoms with Gasteiger partial charge in [-0.2, -0.15) is 0 Å². The standard InChI is InChI=1S/C21H22FNO2/c1-13-3-7-16(8-4-13)20-14(2)23-21(25)19(20)12-18(24)11-15-5-9-17(22)10-6-15/h3-10,14,19-20H,11-12H2,1-2H3,(H,23,25)/t14-,19+,20+/m0/s1. The Morgan fingerprint density at radius 3 is 2.36 bits per heavy atom. The van der Waals surface area contributed by atoms with Crippen LogP contribution in [0.5, 0.6) is 0 Å². The summed E-state index contributed by atoms with van der Waals surface area (Å²) < 4.78 is 13.0. The maximum atomic E-state index is 13.0. The van der Waals surface area contributed by atoms with Gasteiger partial charge in [0.2, 0.25) is 5.91 Å². The molecule has 0 aliphatic carbocycles. The molecule has 0 saturated carbocycles. The van der Waals surface area contributed by atoms with E-state index in [1.165, 1.54) is 12.1 Å². The van der Waals surface area contributed by atoms with Crippen molar-refractivity contribution in [2.24, 2.45) is 5.92 Å². The van der Waals surface area contributed by atoms with E-state index in [2.05, 4.69) is 5.32 Å². The number of carbonyl (C=O) groups excluding carboxylic acids is 2. The predicted octanol–water partition coefficient (Wildman–Crippen LogP) is 3.55. The van der Waals surface area contributed by atoms with E-state index in [1.807, 2.05) is 38.1 Å². The summed E-state index contributed by atoms with van der Waals surface area (Å²) in [5.41, 5.74) is 3.01. The fraction of sp³-hybridized carbons (Fsp3) is 0.333. The van der Waals surface area contributed by atoms with E-state index in [0.29, 0.717) is 0 Å². The number of Topliss-reactive ketones (excluding diaryl/α,β-unsaturated/α-hetero) is 1. The fourth-order valence-electron chi connectivity index (χ4n) is 3.61. The lowest BCUT2D eigenvalue weighted by Crippen LogP contribution is -2.25. The van der Waals surface area contributed by atoms with E-state index in [4.69, 9.17) is 0 Å². The summed E-state index contributed by atoms with van der Waals surface area (Å²) in [6, 6.07) is 14.1. The summed E-state index contributed by atoms with van der Waals surface area (Å²) in [6.07, 6.45) is 0.422. The minimum atomic E-state index is -0.356. The zero-order chi connectivity index (χ0) is 18.0. The smallest absolute Gasteiger partial charge is 0.224 e. The zero-order valence-electron chi connectivity index (χ0n) is 14.5. The normalized spacial score (nSPS) is 22.7. The van der Waals surface area contributed by atoms with Crippen LogP contribution in [-0.4, -0.2) is 17.7 Å². The van der Waals surface area contributed by atoms with Gasteiger partial charge < -0.3 is 5.32 Å². The van der Waals surface area contributed by atoms with E-state index in [0.717, 1.165) is 16.7 Å². The summed E-state index contributed by atoms with van der Waals surface area (Å²) in [5, 5.41) is 2.97. The summed E-state index contributed by atoms with van der Waals surface area (Å²) in [7, 11) is 0. The minimum absolute atomic E-state index is 0.00109. The molecule has 0 aromatic heterocycles. The molecule has 0 bridgehead atoms. The Balaban J connectivity index is 1.74. The average Bonchev–Trinajstić information content (AvgIpc) is 2.84. The second kappa shape index (κ2) is 7.18. The first-order valence-corrected chi connectivity index (χ1v) is 8.57. The van der Waals surface area contributed by atoms with Crippen LogP contribution in [0.4, 0.5) is 4.39 Å². The molecule has 0 unspecified atom stereocenters. The molecule has 1 heterocycles. The van der Waals surface area contributed by atoms with Crippen molar-refractivity contribution in [1.29, 1.82) is 0 Å². The highest BCUT2D eigenvalue weighted by molar-refractivity contribution is 5.90. The molecule has 2 aromatic rings. The van der Waals surface area contributed by atoms with Gasteiger partial charge in [0.25, 0.3) is 0 Å². The molecule has 1 amide bonds. The van der Waals surface area contributed by atoms with E-state index in [9.17, 15) is 14.0 Å². The van der Waals surface area contributed by atoms with Crippen molar-refractivity contribution in [3.05, 3.63) is 71.0 Å². The zero-order valence-corrected chi connectivity index (χ0v) is 14.5. The first-order valence-electron chi connectivity index (χ1n) is 8.57. The van der Waals surface area contributed by atoms with Crippen LogP contribution in [0.2, 0.25) is 0 Å². The van der Waals surface area contributed by atoms with Gasteiger partial charge in [0.1, 0.15) is 11.6 Å². The lowest BCUT2D eigenvalue weighted by Gasteiger charge is -2.20. The number of hydrogen-bond acceptors (Lipinski definition) is 2. The number of amides is 1. The molecule has 0 radical (unpaired) electrons. The highest BCUT2D eigenvalue weighted by Crippen LogP contribution is 2.36. The Kier molecular flexibility index (Phi) is 4.98. The summed E-state index contributed by atoms with van der Waals surface area (Å²) in [4.78, 5) is 24.8. The third kappa shape index (κ3) is 3.95. The van der Waals surface area contributed by atoms with E-state index in [1.54, 1.807) is 12.1 Å². The molecule has 1 aliphatic heterocycles. The Morgan fingerprint density at radius 1 is 1.08 bits per heavy atom. The predicted molar refractivity (Wildman–Crippen MR) is 94.7 cm³/mol. The Labute approximate surface area is 147 Å². The van der Waals surface area contributed by atoms with Crippen molar-refractivity contribution in [1.82, 2.24) is 5.32 Å². The lowest BCUT2D eigenvalue weighted by atomic mass is 9.81. The van der Waals surface area contributed by atoms with Gasteiger partial charge in [-0.1, -0.05) is 42.0 Å². The molecule has 4 heteroatoms. The first-order chi connectivity index (χ1) is 11.9. The van der Waals surface area contributed by atoms with Gasteiger partial charge in [-0.15, -0.1) is 0 Å². The molecule has 1 aliphatic rings. The number of aryl methyl sites for hydroxylation is 1. The average molecular weight is 339 g/mol. The minimum Gasteiger partial charge on any atom is -0.353 e. The number of carbonyl (C=O) groups is 2. The molecular formula is C21H22FNO2. The van der Waals surface area contributed by atoms with Crippen molar-refractivity contribution in [3.8, 4) is 0 Å². The third-order valence-electron chi connectivity index (χ3n) is 4.90. The van der Waals surface area contributed by atoms with Crippen molar-refractivity contribution in [2.75, 3.05) is 0 Å². The third-order valence-corrected chi connectivity index (χ3v) is 4.90. The lowest BCUT2D eigenvalue weighted by molar-refractivity contribution is -0.127. The van der Waals surface area contributed by atoms with E-state index in [-0.39, 0.29) is 48.2 Å². The molecule has 2 aromatic carbocycles. The van der Waals surface area contributed by atoms with Crippen molar-refractivity contribution in [3.63, 3.8) is 0 Å². The summed E-state index contributed by atoms with van der Waals surface area (Å²) in [6.45, 7) is 4.00. The van der Waals surface area contributed by atoms with Crippen molar-refractivity contribution in [2.45, 2.75) is 38.6 Å². The van der Waals surface area contributed by atoms with E-state index >= 15 is 0 Å². The van der Waals surface area contributed by atoms with Crippen molar-refractivity contribution >= 4 is 11.7 Å². The number of nitrogens with one attached hydrogen (secondary N) is 1. The Hall–Kier alpha value is -2.49. The van der Waals surface area contributed by atoms with E-state index < -0.39 is 0 Å². The number of halogens is 1. The van der Waals surface area contributed by atoms with Crippen LogP contribution in [0, 0.1) is 18.7 Å².